The molecule has 0 saturated carbocycles. The number of pyridine rings is 1. The van der Waals surface area contributed by atoms with Crippen molar-refractivity contribution in [1.82, 2.24) is 19.9 Å². The van der Waals surface area contributed by atoms with Crippen molar-refractivity contribution in [2.24, 2.45) is 0 Å². The first kappa shape index (κ1) is 23.2. The maximum Gasteiger partial charge on any atom is 0.256 e. The van der Waals surface area contributed by atoms with Gasteiger partial charge in [0.1, 0.15) is 5.03 Å². The summed E-state index contributed by atoms with van der Waals surface area (Å²) in [7, 11) is 0. The number of carbonyl (C=O) groups excluding carboxylic acids is 1. The minimum atomic E-state index is 0.0365. The van der Waals surface area contributed by atoms with Crippen LogP contribution in [0.2, 0.25) is 0 Å². The van der Waals surface area contributed by atoms with Gasteiger partial charge in [-0.15, -0.1) is 11.8 Å². The van der Waals surface area contributed by atoms with Gasteiger partial charge in [-0.1, -0.05) is 43.3 Å². The average Bonchev–Trinajstić information content (AvgIpc) is 3.35. The number of hydrogen-bond donors (Lipinski definition) is 1. The SMILES string of the molecule is CCCSc1ncccc1C(=O)N1CCN(Cc2c[nH]cn2)c2ccc(-c3ccccc3)cc2C1. The summed E-state index contributed by atoms with van der Waals surface area (Å²) in [6.07, 6.45) is 6.44. The zero-order chi connectivity index (χ0) is 24.0. The maximum absolute atomic E-state index is 13.8. The van der Waals surface area contributed by atoms with Crippen LogP contribution in [-0.4, -0.2) is 44.6 Å². The number of nitrogens with one attached hydrogen (secondary N) is 1. The molecule has 0 radical (unpaired) electrons. The smallest absolute Gasteiger partial charge is 0.256 e. The summed E-state index contributed by atoms with van der Waals surface area (Å²) < 4.78 is 0. The zero-order valence-electron chi connectivity index (χ0n) is 19.9. The lowest BCUT2D eigenvalue weighted by atomic mass is 10.0. The molecule has 0 atom stereocenters. The molecule has 178 valence electrons. The molecule has 1 aliphatic heterocycles. The maximum atomic E-state index is 13.8. The largest absolute Gasteiger partial charge is 0.364 e. The lowest BCUT2D eigenvalue weighted by Gasteiger charge is -2.24. The van der Waals surface area contributed by atoms with E-state index in [1.807, 2.05) is 29.3 Å². The van der Waals surface area contributed by atoms with Crippen LogP contribution in [0, 0.1) is 0 Å². The van der Waals surface area contributed by atoms with Gasteiger partial charge in [-0.3, -0.25) is 4.79 Å². The number of H-pyrrole nitrogens is 1. The average molecular weight is 484 g/mol. The fourth-order valence-corrected chi connectivity index (χ4v) is 5.27. The van der Waals surface area contributed by atoms with Gasteiger partial charge in [-0.25, -0.2) is 9.97 Å². The molecule has 0 saturated heterocycles. The second-order valence-corrected chi connectivity index (χ2v) is 9.71. The predicted molar refractivity (Wildman–Crippen MR) is 142 cm³/mol. The van der Waals surface area contributed by atoms with Gasteiger partial charge in [0, 0.05) is 37.7 Å². The molecule has 5 rings (SSSR count). The molecule has 0 fully saturated rings. The Kier molecular flexibility index (Phi) is 7.14. The summed E-state index contributed by atoms with van der Waals surface area (Å²) in [5, 5.41) is 0.815. The third-order valence-electron chi connectivity index (χ3n) is 6.17. The number of aromatic nitrogens is 3. The summed E-state index contributed by atoms with van der Waals surface area (Å²) in [4.78, 5) is 30.0. The molecule has 0 unspecified atom stereocenters. The highest BCUT2D eigenvalue weighted by Crippen LogP contribution is 2.32. The van der Waals surface area contributed by atoms with Gasteiger partial charge in [0.25, 0.3) is 5.91 Å². The van der Waals surface area contributed by atoms with Crippen LogP contribution in [0.1, 0.15) is 35.0 Å². The Balaban J connectivity index is 1.49. The van der Waals surface area contributed by atoms with Crippen LogP contribution in [0.5, 0.6) is 0 Å². The van der Waals surface area contributed by atoms with E-state index in [0.29, 0.717) is 25.2 Å². The Bertz CT molecular complexity index is 1280. The summed E-state index contributed by atoms with van der Waals surface area (Å²) >= 11 is 1.65. The Morgan fingerprint density at radius 3 is 2.71 bits per heavy atom. The van der Waals surface area contributed by atoms with Crippen LogP contribution < -0.4 is 4.90 Å². The molecule has 3 heterocycles. The number of fused-ring (bicyclic) bond motifs is 1. The first-order chi connectivity index (χ1) is 17.2. The van der Waals surface area contributed by atoms with Crippen molar-refractivity contribution in [2.45, 2.75) is 31.5 Å². The van der Waals surface area contributed by atoms with Crippen molar-refractivity contribution in [3.8, 4) is 11.1 Å². The van der Waals surface area contributed by atoms with Crippen molar-refractivity contribution in [1.29, 1.82) is 0 Å². The van der Waals surface area contributed by atoms with E-state index >= 15 is 0 Å². The van der Waals surface area contributed by atoms with E-state index in [1.54, 1.807) is 24.3 Å². The van der Waals surface area contributed by atoms with Gasteiger partial charge in [-0.2, -0.15) is 0 Å². The molecule has 7 heteroatoms. The van der Waals surface area contributed by atoms with E-state index in [4.69, 9.17) is 0 Å². The molecule has 0 bridgehead atoms. The minimum Gasteiger partial charge on any atom is -0.364 e. The predicted octanol–water partition coefficient (Wildman–Crippen LogP) is 5.64. The Labute approximate surface area is 210 Å². The third-order valence-corrected chi connectivity index (χ3v) is 7.38. The number of benzene rings is 2. The normalized spacial score (nSPS) is 13.4. The first-order valence-corrected chi connectivity index (χ1v) is 13.0. The number of imidazole rings is 1. The fraction of sp³-hybridized carbons (Fsp3) is 0.250. The molecule has 2 aromatic heterocycles. The monoisotopic (exact) mass is 483 g/mol. The summed E-state index contributed by atoms with van der Waals surface area (Å²) in [6, 6.07) is 20.7. The van der Waals surface area contributed by atoms with E-state index in [9.17, 15) is 4.79 Å². The van der Waals surface area contributed by atoms with Gasteiger partial charge in [-0.05, 0) is 53.1 Å². The highest BCUT2D eigenvalue weighted by atomic mass is 32.2. The van der Waals surface area contributed by atoms with E-state index in [-0.39, 0.29) is 5.91 Å². The second-order valence-electron chi connectivity index (χ2n) is 8.62. The number of thioether (sulfide) groups is 1. The van der Waals surface area contributed by atoms with E-state index in [2.05, 4.69) is 69.2 Å². The van der Waals surface area contributed by atoms with Crippen molar-refractivity contribution in [3.05, 3.63) is 96.2 Å². The van der Waals surface area contributed by atoms with Gasteiger partial charge in [0.15, 0.2) is 0 Å². The van der Waals surface area contributed by atoms with Gasteiger partial charge in [0.2, 0.25) is 0 Å². The lowest BCUT2D eigenvalue weighted by molar-refractivity contribution is 0.0747. The van der Waals surface area contributed by atoms with Gasteiger partial charge >= 0.3 is 0 Å². The topological polar surface area (TPSA) is 65.1 Å². The molecule has 6 nitrogen and oxygen atoms in total. The van der Waals surface area contributed by atoms with Crippen LogP contribution in [-0.2, 0) is 13.1 Å². The number of carbonyl (C=O) groups is 1. The molecule has 0 aliphatic carbocycles. The van der Waals surface area contributed by atoms with Gasteiger partial charge in [0.05, 0.1) is 24.1 Å². The van der Waals surface area contributed by atoms with E-state index < -0.39 is 0 Å². The molecule has 1 aliphatic rings. The molecule has 4 aromatic rings. The van der Waals surface area contributed by atoms with Crippen LogP contribution >= 0.6 is 11.8 Å². The van der Waals surface area contributed by atoms with E-state index in [0.717, 1.165) is 46.3 Å². The quantitative estimate of drug-likeness (QED) is 0.345. The Morgan fingerprint density at radius 1 is 1.03 bits per heavy atom. The lowest BCUT2D eigenvalue weighted by Crippen LogP contribution is -2.35. The van der Waals surface area contributed by atoms with Crippen molar-refractivity contribution >= 4 is 23.4 Å². The molecule has 35 heavy (non-hydrogen) atoms. The Hall–Kier alpha value is -3.58. The van der Waals surface area contributed by atoms with Crippen molar-refractivity contribution in [2.75, 3.05) is 23.7 Å². The minimum absolute atomic E-state index is 0.0365. The summed E-state index contributed by atoms with van der Waals surface area (Å²) in [5.41, 5.74) is 6.27. The van der Waals surface area contributed by atoms with Crippen molar-refractivity contribution < 1.29 is 4.79 Å². The van der Waals surface area contributed by atoms with E-state index in [1.165, 1.54) is 5.56 Å². The number of rotatable bonds is 7. The highest BCUT2D eigenvalue weighted by molar-refractivity contribution is 7.99. The number of nitrogens with zero attached hydrogens (tertiary/aromatic N) is 4. The highest BCUT2D eigenvalue weighted by Gasteiger charge is 2.26. The second kappa shape index (κ2) is 10.8. The van der Waals surface area contributed by atoms with Gasteiger partial charge < -0.3 is 14.8 Å². The number of amides is 1. The fourth-order valence-electron chi connectivity index (χ4n) is 4.43. The summed E-state index contributed by atoms with van der Waals surface area (Å²) in [5.74, 6) is 0.979. The molecule has 1 amide bonds. The van der Waals surface area contributed by atoms with Crippen LogP contribution in [0.15, 0.2) is 84.4 Å². The molecule has 0 spiro atoms. The zero-order valence-corrected chi connectivity index (χ0v) is 20.7. The molecule has 1 N–H and O–H groups in total. The van der Waals surface area contributed by atoms with Crippen molar-refractivity contribution in [3.63, 3.8) is 0 Å². The number of anilines is 1. The first-order valence-electron chi connectivity index (χ1n) is 12.0. The van der Waals surface area contributed by atoms with Crippen LogP contribution in [0.3, 0.4) is 0 Å². The molecular formula is C28H29N5OS. The molecular weight excluding hydrogens is 454 g/mol. The number of aromatic amines is 1. The molecule has 2 aromatic carbocycles. The number of hydrogen-bond acceptors (Lipinski definition) is 5. The van der Waals surface area contributed by atoms with Crippen LogP contribution in [0.25, 0.3) is 11.1 Å². The Morgan fingerprint density at radius 2 is 1.91 bits per heavy atom. The summed E-state index contributed by atoms with van der Waals surface area (Å²) in [6.45, 7) is 4.74. The standard InChI is InChI=1S/C28H29N5OS/c1-2-15-35-27-25(9-6-12-30-27)28(34)33-14-13-32(19-24-17-29-20-31-24)26-11-10-22(16-23(26)18-33)21-7-4-3-5-8-21/h3-12,16-17,20H,2,13-15,18-19H2,1H3,(H,29,31). The third kappa shape index (κ3) is 5.25. The van der Waals surface area contributed by atoms with Crippen LogP contribution in [0.4, 0.5) is 5.69 Å².